The zero-order chi connectivity index (χ0) is 10.3. The van der Waals surface area contributed by atoms with E-state index in [1.807, 2.05) is 0 Å². The van der Waals surface area contributed by atoms with E-state index < -0.39 is 20.4 Å². The molecule has 0 atom stereocenters. The van der Waals surface area contributed by atoms with Crippen LogP contribution in [0.1, 0.15) is 5.69 Å². The third-order valence-corrected chi connectivity index (χ3v) is 2.83. The molecule has 0 saturated heterocycles. The van der Waals surface area contributed by atoms with Gasteiger partial charge in [-0.05, 0) is 19.1 Å². The first kappa shape index (κ1) is 10.1. The molecule has 1 N–H and O–H groups in total. The lowest BCUT2D eigenvalue weighted by Crippen LogP contribution is -2.23. The summed E-state index contributed by atoms with van der Waals surface area (Å²) in [6.45, 7) is 1.47. The molecule has 0 aliphatic rings. The van der Waals surface area contributed by atoms with Crippen molar-refractivity contribution in [3.8, 4) is 0 Å². The fourth-order valence-corrected chi connectivity index (χ4v) is 1.55. The minimum absolute atomic E-state index is 0.364. The van der Waals surface area contributed by atoms with E-state index >= 15 is 0 Å². The summed E-state index contributed by atoms with van der Waals surface area (Å²) < 4.78 is 57.2. The number of hydrogen-bond acceptors (Lipinski definition) is 2. The second kappa shape index (κ2) is 2.76. The molecule has 1 heterocycles. The van der Waals surface area contributed by atoms with E-state index in [1.54, 1.807) is 0 Å². The Morgan fingerprint density at radius 1 is 1.31 bits per heavy atom. The fraction of sp³-hybridized carbons (Fsp3) is 0.333. The molecule has 0 saturated carbocycles. The van der Waals surface area contributed by atoms with Crippen molar-refractivity contribution in [1.29, 1.82) is 0 Å². The van der Waals surface area contributed by atoms with Gasteiger partial charge in [-0.15, -0.1) is 0 Å². The van der Waals surface area contributed by atoms with Crippen molar-refractivity contribution in [3.63, 3.8) is 0 Å². The van der Waals surface area contributed by atoms with Gasteiger partial charge < -0.3 is 4.98 Å². The maximum Gasteiger partial charge on any atom is 0.503 e. The maximum atomic E-state index is 11.9. The Balaban J connectivity index is 3.24. The fourth-order valence-electron chi connectivity index (χ4n) is 0.760. The number of sulfone groups is 1. The smallest absolute Gasteiger partial charge is 0.350 e. The summed E-state index contributed by atoms with van der Waals surface area (Å²) in [7, 11) is -5.21. The average Bonchev–Trinajstić information content (AvgIpc) is 2.33. The van der Waals surface area contributed by atoms with Gasteiger partial charge in [-0.25, -0.2) is 8.42 Å². The Morgan fingerprint density at radius 2 is 1.85 bits per heavy atom. The van der Waals surface area contributed by atoms with Crippen molar-refractivity contribution < 1.29 is 21.6 Å². The van der Waals surface area contributed by atoms with Crippen molar-refractivity contribution in [2.24, 2.45) is 0 Å². The summed E-state index contributed by atoms with van der Waals surface area (Å²) >= 11 is 0. The van der Waals surface area contributed by atoms with Gasteiger partial charge in [0.1, 0.15) is 5.03 Å². The molecule has 74 valence electrons. The number of aromatic amines is 1. The maximum absolute atomic E-state index is 11.9. The minimum atomic E-state index is -5.25. The lowest BCUT2D eigenvalue weighted by atomic mass is 10.5. The predicted molar refractivity (Wildman–Crippen MR) is 38.8 cm³/mol. The van der Waals surface area contributed by atoms with E-state index in [4.69, 9.17) is 0 Å². The molecule has 0 spiro atoms. The van der Waals surface area contributed by atoms with Crippen molar-refractivity contribution in [2.75, 3.05) is 0 Å². The quantitative estimate of drug-likeness (QED) is 0.770. The van der Waals surface area contributed by atoms with Gasteiger partial charge in [-0.2, -0.15) is 13.2 Å². The summed E-state index contributed by atoms with van der Waals surface area (Å²) in [5.41, 5.74) is -4.88. The van der Waals surface area contributed by atoms with Crippen molar-refractivity contribution in [2.45, 2.75) is 17.5 Å². The molecule has 0 aromatic carbocycles. The molecule has 1 aromatic heterocycles. The van der Waals surface area contributed by atoms with Gasteiger partial charge in [0.15, 0.2) is 0 Å². The molecule has 0 unspecified atom stereocenters. The van der Waals surface area contributed by atoms with Crippen LogP contribution in [0.5, 0.6) is 0 Å². The minimum Gasteiger partial charge on any atom is -0.350 e. The first-order chi connectivity index (χ1) is 5.75. The number of H-pyrrole nitrogens is 1. The van der Waals surface area contributed by atoms with Crippen LogP contribution >= 0.6 is 0 Å². The molecule has 0 radical (unpaired) electrons. The predicted octanol–water partition coefficient (Wildman–Crippen LogP) is 1.62. The van der Waals surface area contributed by atoms with Crippen LogP contribution in [0.15, 0.2) is 17.2 Å². The van der Waals surface area contributed by atoms with Crippen molar-refractivity contribution >= 4 is 9.84 Å². The molecular weight excluding hydrogens is 207 g/mol. The van der Waals surface area contributed by atoms with Crippen molar-refractivity contribution in [3.05, 3.63) is 17.8 Å². The standard InChI is InChI=1S/C6H6F3NO2S/c1-4-2-3-5(10-4)13(11,12)6(7,8)9/h2-3,10H,1H3. The zero-order valence-electron chi connectivity index (χ0n) is 6.51. The van der Waals surface area contributed by atoms with Crippen LogP contribution in [0, 0.1) is 6.92 Å². The summed E-state index contributed by atoms with van der Waals surface area (Å²) in [6, 6.07) is 2.15. The van der Waals surface area contributed by atoms with E-state index in [1.165, 1.54) is 13.0 Å². The summed E-state index contributed by atoms with van der Waals surface area (Å²) in [5.74, 6) is 0. The third kappa shape index (κ3) is 1.69. The molecule has 7 heteroatoms. The Bertz CT molecular complexity index is 404. The van der Waals surface area contributed by atoms with Crippen LogP contribution < -0.4 is 0 Å². The monoisotopic (exact) mass is 213 g/mol. The highest BCUT2D eigenvalue weighted by Crippen LogP contribution is 2.29. The van der Waals surface area contributed by atoms with Crippen LogP contribution in [0.3, 0.4) is 0 Å². The van der Waals surface area contributed by atoms with Gasteiger partial charge in [0, 0.05) is 5.69 Å². The van der Waals surface area contributed by atoms with Gasteiger partial charge in [-0.1, -0.05) is 0 Å². The lowest BCUT2D eigenvalue weighted by Gasteiger charge is -2.04. The van der Waals surface area contributed by atoms with E-state index in [9.17, 15) is 21.6 Å². The number of halogens is 3. The second-order valence-corrected chi connectivity index (χ2v) is 4.36. The summed E-state index contributed by atoms with van der Waals surface area (Å²) in [5, 5.41) is -0.822. The first-order valence-electron chi connectivity index (χ1n) is 3.22. The normalized spacial score (nSPS) is 13.2. The molecule has 0 amide bonds. The Labute approximate surface area is 72.5 Å². The molecule has 1 aromatic rings. The highest BCUT2D eigenvalue weighted by atomic mass is 32.2. The van der Waals surface area contributed by atoms with E-state index in [0.717, 1.165) is 6.07 Å². The van der Waals surface area contributed by atoms with Crippen LogP contribution in [0.4, 0.5) is 13.2 Å². The van der Waals surface area contributed by atoms with Gasteiger partial charge in [0.05, 0.1) is 0 Å². The topological polar surface area (TPSA) is 49.9 Å². The Morgan fingerprint density at radius 3 is 2.15 bits per heavy atom. The van der Waals surface area contributed by atoms with Gasteiger partial charge in [0.2, 0.25) is 0 Å². The third-order valence-electron chi connectivity index (χ3n) is 1.40. The molecule has 3 nitrogen and oxygen atoms in total. The first-order valence-corrected chi connectivity index (χ1v) is 4.70. The average molecular weight is 213 g/mol. The van der Waals surface area contributed by atoms with Crippen LogP contribution in [0.25, 0.3) is 0 Å². The molecular formula is C6H6F3NO2S. The van der Waals surface area contributed by atoms with Crippen LogP contribution in [-0.2, 0) is 9.84 Å². The SMILES string of the molecule is Cc1ccc(S(=O)(=O)C(F)(F)F)[nH]1. The Hall–Kier alpha value is -0.980. The number of nitrogens with one attached hydrogen (secondary N) is 1. The summed E-state index contributed by atoms with van der Waals surface area (Å²) in [6.07, 6.45) is 0. The molecule has 1 rings (SSSR count). The number of hydrogen-bond donors (Lipinski definition) is 1. The Kier molecular flexibility index (Phi) is 2.15. The van der Waals surface area contributed by atoms with Crippen molar-refractivity contribution in [1.82, 2.24) is 4.98 Å². The number of alkyl halides is 3. The number of aromatic nitrogens is 1. The van der Waals surface area contributed by atoms with Gasteiger partial charge in [0.25, 0.3) is 9.84 Å². The highest BCUT2D eigenvalue weighted by molar-refractivity contribution is 7.92. The lowest BCUT2D eigenvalue weighted by molar-refractivity contribution is -0.0437. The molecule has 0 fully saturated rings. The summed E-state index contributed by atoms with van der Waals surface area (Å²) in [4.78, 5) is 2.11. The molecule has 0 aliphatic heterocycles. The molecule has 0 aliphatic carbocycles. The number of rotatable bonds is 1. The highest BCUT2D eigenvalue weighted by Gasteiger charge is 2.47. The van der Waals surface area contributed by atoms with Gasteiger partial charge in [-0.3, -0.25) is 0 Å². The van der Waals surface area contributed by atoms with Gasteiger partial charge >= 0.3 is 5.51 Å². The molecule has 13 heavy (non-hydrogen) atoms. The van der Waals surface area contributed by atoms with Crippen LogP contribution in [0.2, 0.25) is 0 Å². The zero-order valence-corrected chi connectivity index (χ0v) is 7.33. The van der Waals surface area contributed by atoms with Crippen LogP contribution in [-0.4, -0.2) is 18.9 Å². The molecule has 0 bridgehead atoms. The number of aryl methyl sites for hydroxylation is 1. The van der Waals surface area contributed by atoms with E-state index in [0.29, 0.717) is 5.69 Å². The van der Waals surface area contributed by atoms with E-state index in [2.05, 4.69) is 4.98 Å². The van der Waals surface area contributed by atoms with E-state index in [-0.39, 0.29) is 0 Å². The largest absolute Gasteiger partial charge is 0.503 e. The second-order valence-electron chi connectivity index (χ2n) is 2.45.